The molecule has 2 N–H and O–H groups in total. The first-order valence-corrected chi connectivity index (χ1v) is 6.96. The Hall–Kier alpha value is -1.71. The zero-order valence-electron chi connectivity index (χ0n) is 11.2. The van der Waals surface area contributed by atoms with Crippen molar-refractivity contribution < 1.29 is 9.47 Å². The summed E-state index contributed by atoms with van der Waals surface area (Å²) in [7, 11) is 0. The van der Waals surface area contributed by atoms with Crippen LogP contribution in [0.3, 0.4) is 0 Å². The summed E-state index contributed by atoms with van der Waals surface area (Å²) in [5.74, 6) is 1.55. The van der Waals surface area contributed by atoms with Crippen molar-refractivity contribution in [2.75, 3.05) is 13.2 Å². The van der Waals surface area contributed by atoms with Gasteiger partial charge < -0.3 is 15.2 Å². The van der Waals surface area contributed by atoms with E-state index in [0.717, 1.165) is 17.7 Å². The lowest BCUT2D eigenvalue weighted by molar-refractivity contribution is 0.247. The van der Waals surface area contributed by atoms with Crippen LogP contribution in [0.1, 0.15) is 12.0 Å². The molecule has 2 rings (SSSR count). The summed E-state index contributed by atoms with van der Waals surface area (Å²) in [4.78, 5) is 0. The molecule has 0 radical (unpaired) electrons. The molecule has 0 saturated heterocycles. The number of hydrogen-bond acceptors (Lipinski definition) is 3. The van der Waals surface area contributed by atoms with Crippen LogP contribution in [0, 0.1) is 0 Å². The Labute approximate surface area is 124 Å². The Morgan fingerprint density at radius 1 is 0.950 bits per heavy atom. The van der Waals surface area contributed by atoms with E-state index in [2.05, 4.69) is 0 Å². The molecule has 2 aromatic rings. The first-order valence-electron chi connectivity index (χ1n) is 6.59. The van der Waals surface area contributed by atoms with Gasteiger partial charge in [0.2, 0.25) is 0 Å². The summed E-state index contributed by atoms with van der Waals surface area (Å²) in [6.07, 6.45) is 0.790. The van der Waals surface area contributed by atoms with Gasteiger partial charge in [-0.15, -0.1) is 0 Å². The average Bonchev–Trinajstić information content (AvgIpc) is 2.49. The largest absolute Gasteiger partial charge is 0.493 e. The molecular weight excluding hydrogens is 274 g/mol. The standard InChI is InChI=1S/C16H18ClNO2/c17-15-7-1-2-8-16(15)20-10-4-9-19-14-6-3-5-13(11-14)12-18/h1-3,5-8,11H,4,9-10,12,18H2. The zero-order chi connectivity index (χ0) is 14.2. The highest BCUT2D eigenvalue weighted by Gasteiger charge is 2.00. The van der Waals surface area contributed by atoms with Crippen LogP contribution in [-0.2, 0) is 6.54 Å². The molecule has 4 heteroatoms. The third-order valence-corrected chi connectivity index (χ3v) is 3.10. The molecule has 0 bridgehead atoms. The maximum Gasteiger partial charge on any atom is 0.137 e. The second-order valence-corrected chi connectivity index (χ2v) is 4.74. The van der Waals surface area contributed by atoms with E-state index in [0.29, 0.717) is 30.5 Å². The molecule has 0 saturated carbocycles. The van der Waals surface area contributed by atoms with Gasteiger partial charge in [-0.3, -0.25) is 0 Å². The first-order chi connectivity index (χ1) is 9.79. The number of hydrogen-bond donors (Lipinski definition) is 1. The topological polar surface area (TPSA) is 44.5 Å². The molecule has 3 nitrogen and oxygen atoms in total. The van der Waals surface area contributed by atoms with Crippen LogP contribution < -0.4 is 15.2 Å². The number of ether oxygens (including phenoxy) is 2. The third-order valence-electron chi connectivity index (χ3n) is 2.79. The van der Waals surface area contributed by atoms with E-state index in [1.165, 1.54) is 0 Å². The monoisotopic (exact) mass is 291 g/mol. The van der Waals surface area contributed by atoms with E-state index in [1.54, 1.807) is 0 Å². The Bertz CT molecular complexity index is 546. The van der Waals surface area contributed by atoms with Crippen LogP contribution in [0.4, 0.5) is 0 Å². The highest BCUT2D eigenvalue weighted by Crippen LogP contribution is 2.23. The van der Waals surface area contributed by atoms with Gasteiger partial charge in [-0.05, 0) is 29.8 Å². The second-order valence-electron chi connectivity index (χ2n) is 4.33. The summed E-state index contributed by atoms with van der Waals surface area (Å²) < 4.78 is 11.2. The van der Waals surface area contributed by atoms with Crippen molar-refractivity contribution in [3.05, 3.63) is 59.1 Å². The summed E-state index contributed by atoms with van der Waals surface area (Å²) in [6.45, 7) is 1.69. The first kappa shape index (κ1) is 14.7. The predicted octanol–water partition coefficient (Wildman–Crippen LogP) is 3.65. The Balaban J connectivity index is 1.70. The van der Waals surface area contributed by atoms with Crippen molar-refractivity contribution in [1.29, 1.82) is 0 Å². The minimum absolute atomic E-state index is 0.521. The highest BCUT2D eigenvalue weighted by molar-refractivity contribution is 6.32. The van der Waals surface area contributed by atoms with Gasteiger partial charge in [-0.1, -0.05) is 35.9 Å². The highest BCUT2D eigenvalue weighted by atomic mass is 35.5. The van der Waals surface area contributed by atoms with Gasteiger partial charge in [-0.25, -0.2) is 0 Å². The van der Waals surface area contributed by atoms with E-state index in [1.807, 2.05) is 48.5 Å². The van der Waals surface area contributed by atoms with Crippen molar-refractivity contribution in [1.82, 2.24) is 0 Å². The van der Waals surface area contributed by atoms with Gasteiger partial charge in [0, 0.05) is 13.0 Å². The molecule has 0 unspecified atom stereocenters. The van der Waals surface area contributed by atoms with Gasteiger partial charge in [0.05, 0.1) is 18.2 Å². The van der Waals surface area contributed by atoms with E-state index < -0.39 is 0 Å². The van der Waals surface area contributed by atoms with E-state index >= 15 is 0 Å². The molecule has 20 heavy (non-hydrogen) atoms. The lowest BCUT2D eigenvalue weighted by Gasteiger charge is -2.09. The summed E-state index contributed by atoms with van der Waals surface area (Å²) >= 11 is 6.00. The van der Waals surface area contributed by atoms with Crippen molar-refractivity contribution in [2.45, 2.75) is 13.0 Å². The number of benzene rings is 2. The van der Waals surface area contributed by atoms with E-state index in [4.69, 9.17) is 26.8 Å². The van der Waals surface area contributed by atoms with Crippen molar-refractivity contribution in [2.24, 2.45) is 5.73 Å². The third kappa shape index (κ3) is 4.44. The number of nitrogens with two attached hydrogens (primary N) is 1. The molecule has 0 spiro atoms. The van der Waals surface area contributed by atoms with Gasteiger partial charge in [-0.2, -0.15) is 0 Å². The van der Waals surface area contributed by atoms with Crippen molar-refractivity contribution in [3.63, 3.8) is 0 Å². The van der Waals surface area contributed by atoms with Crippen LogP contribution >= 0.6 is 11.6 Å². The average molecular weight is 292 g/mol. The van der Waals surface area contributed by atoms with Crippen LogP contribution in [0.15, 0.2) is 48.5 Å². The molecule has 0 aliphatic heterocycles. The van der Waals surface area contributed by atoms with Crippen LogP contribution in [0.25, 0.3) is 0 Å². The van der Waals surface area contributed by atoms with Crippen LogP contribution in [0.2, 0.25) is 5.02 Å². The lowest BCUT2D eigenvalue weighted by Crippen LogP contribution is -2.05. The predicted molar refractivity (Wildman–Crippen MR) is 81.4 cm³/mol. The SMILES string of the molecule is NCc1cccc(OCCCOc2ccccc2Cl)c1. The normalized spacial score (nSPS) is 10.3. The van der Waals surface area contributed by atoms with E-state index in [9.17, 15) is 0 Å². The number of rotatable bonds is 7. The Morgan fingerprint density at radius 2 is 1.75 bits per heavy atom. The maximum absolute atomic E-state index is 6.00. The van der Waals surface area contributed by atoms with Crippen molar-refractivity contribution >= 4 is 11.6 Å². The Kier molecular flexibility index (Phi) is 5.71. The summed E-state index contributed by atoms with van der Waals surface area (Å²) in [6, 6.07) is 15.2. The van der Waals surface area contributed by atoms with Gasteiger partial charge in [0.1, 0.15) is 11.5 Å². The molecular formula is C16H18ClNO2. The van der Waals surface area contributed by atoms with Crippen molar-refractivity contribution in [3.8, 4) is 11.5 Å². The number of para-hydroxylation sites is 1. The van der Waals surface area contributed by atoms with E-state index in [-0.39, 0.29) is 0 Å². The molecule has 2 aromatic carbocycles. The Morgan fingerprint density at radius 3 is 2.55 bits per heavy atom. The molecule has 0 aromatic heterocycles. The minimum atomic E-state index is 0.521. The smallest absolute Gasteiger partial charge is 0.137 e. The number of halogens is 1. The van der Waals surface area contributed by atoms with Gasteiger partial charge in [0.15, 0.2) is 0 Å². The van der Waals surface area contributed by atoms with Crippen LogP contribution in [0.5, 0.6) is 11.5 Å². The molecule has 0 aliphatic carbocycles. The van der Waals surface area contributed by atoms with Crippen LogP contribution in [-0.4, -0.2) is 13.2 Å². The zero-order valence-corrected chi connectivity index (χ0v) is 12.0. The molecule has 0 atom stereocenters. The maximum atomic E-state index is 6.00. The summed E-state index contributed by atoms with van der Waals surface area (Å²) in [5, 5.41) is 0.629. The summed E-state index contributed by atoms with van der Waals surface area (Å²) in [5.41, 5.74) is 6.65. The molecule has 0 aliphatic rings. The molecule has 0 fully saturated rings. The van der Waals surface area contributed by atoms with Gasteiger partial charge in [0.25, 0.3) is 0 Å². The fourth-order valence-electron chi connectivity index (χ4n) is 1.76. The second kappa shape index (κ2) is 7.78. The quantitative estimate of drug-likeness (QED) is 0.792. The molecule has 0 heterocycles. The molecule has 0 amide bonds. The van der Waals surface area contributed by atoms with Gasteiger partial charge >= 0.3 is 0 Å². The minimum Gasteiger partial charge on any atom is -0.493 e. The fraction of sp³-hybridized carbons (Fsp3) is 0.250. The fourth-order valence-corrected chi connectivity index (χ4v) is 1.95. The lowest BCUT2D eigenvalue weighted by atomic mass is 10.2. The molecule has 106 valence electrons.